The van der Waals surface area contributed by atoms with Crippen LogP contribution in [0.4, 0.5) is 5.69 Å². The minimum absolute atomic E-state index is 0.0438. The van der Waals surface area contributed by atoms with E-state index in [0.29, 0.717) is 28.4 Å². The van der Waals surface area contributed by atoms with Crippen molar-refractivity contribution in [2.75, 3.05) is 11.9 Å². The van der Waals surface area contributed by atoms with Crippen LogP contribution < -0.4 is 5.32 Å². The SMILES string of the molecule is CC(C)COC(=O)c1ccc(NC(=O)/C(C#N)=C/c2ccc(Cl)cc2)cc1. The Labute approximate surface area is 163 Å². The quantitative estimate of drug-likeness (QED) is 0.446. The van der Waals surface area contributed by atoms with E-state index >= 15 is 0 Å². The first-order valence-corrected chi connectivity index (χ1v) is 8.72. The zero-order chi connectivity index (χ0) is 19.8. The number of rotatable bonds is 6. The van der Waals surface area contributed by atoms with Crippen LogP contribution in [0.1, 0.15) is 29.8 Å². The van der Waals surface area contributed by atoms with E-state index in [-0.39, 0.29) is 11.5 Å². The second kappa shape index (κ2) is 9.56. The maximum absolute atomic E-state index is 12.3. The van der Waals surface area contributed by atoms with Gasteiger partial charge >= 0.3 is 5.97 Å². The van der Waals surface area contributed by atoms with Gasteiger partial charge in [0.1, 0.15) is 11.6 Å². The molecule has 1 N–H and O–H groups in total. The molecule has 0 atom stereocenters. The van der Waals surface area contributed by atoms with Gasteiger partial charge in [-0.2, -0.15) is 5.26 Å². The van der Waals surface area contributed by atoms with Crippen molar-refractivity contribution in [2.24, 2.45) is 5.92 Å². The molecule has 5 nitrogen and oxygen atoms in total. The zero-order valence-electron chi connectivity index (χ0n) is 15.0. The molecule has 0 fully saturated rings. The molecule has 0 aliphatic rings. The van der Waals surface area contributed by atoms with Crippen LogP contribution in [0.2, 0.25) is 5.02 Å². The lowest BCUT2D eigenvalue weighted by atomic mass is 10.1. The Kier molecular flexibility index (Phi) is 7.16. The fourth-order valence-corrected chi connectivity index (χ4v) is 2.21. The highest BCUT2D eigenvalue weighted by Crippen LogP contribution is 2.15. The average molecular weight is 383 g/mol. The van der Waals surface area contributed by atoms with Crippen molar-refractivity contribution in [3.8, 4) is 6.07 Å². The van der Waals surface area contributed by atoms with Crippen molar-refractivity contribution < 1.29 is 14.3 Å². The van der Waals surface area contributed by atoms with Crippen molar-refractivity contribution in [1.82, 2.24) is 0 Å². The van der Waals surface area contributed by atoms with Crippen LogP contribution in [0.25, 0.3) is 6.08 Å². The van der Waals surface area contributed by atoms with Crippen molar-refractivity contribution >= 4 is 35.2 Å². The standard InChI is InChI=1S/C21H19ClN2O3/c1-14(2)13-27-21(26)16-5-9-19(10-6-16)24-20(25)17(12-23)11-15-3-7-18(22)8-4-15/h3-11,14H,13H2,1-2H3,(H,24,25)/b17-11+. The fourth-order valence-electron chi connectivity index (χ4n) is 2.09. The smallest absolute Gasteiger partial charge is 0.338 e. The zero-order valence-corrected chi connectivity index (χ0v) is 15.8. The minimum atomic E-state index is -0.539. The van der Waals surface area contributed by atoms with Gasteiger partial charge in [0.15, 0.2) is 0 Å². The average Bonchev–Trinajstić information content (AvgIpc) is 2.66. The van der Waals surface area contributed by atoms with Gasteiger partial charge in [-0.05, 0) is 54.0 Å². The Morgan fingerprint density at radius 3 is 2.33 bits per heavy atom. The van der Waals surface area contributed by atoms with Gasteiger partial charge in [0, 0.05) is 10.7 Å². The highest BCUT2D eigenvalue weighted by Gasteiger charge is 2.11. The molecule has 2 aromatic carbocycles. The van der Waals surface area contributed by atoms with Gasteiger partial charge in [0.05, 0.1) is 12.2 Å². The topological polar surface area (TPSA) is 79.2 Å². The van der Waals surface area contributed by atoms with Gasteiger partial charge in [-0.1, -0.05) is 37.6 Å². The third-order valence-electron chi connectivity index (χ3n) is 3.47. The lowest BCUT2D eigenvalue weighted by Crippen LogP contribution is -2.14. The van der Waals surface area contributed by atoms with E-state index < -0.39 is 11.9 Å². The second-order valence-corrected chi connectivity index (χ2v) is 6.68. The maximum Gasteiger partial charge on any atom is 0.338 e. The summed E-state index contributed by atoms with van der Waals surface area (Å²) in [6.45, 7) is 4.25. The number of esters is 1. The normalized spacial score (nSPS) is 11.0. The molecule has 2 aromatic rings. The molecule has 6 heteroatoms. The third kappa shape index (κ3) is 6.28. The van der Waals surface area contributed by atoms with Crippen molar-refractivity contribution in [1.29, 1.82) is 5.26 Å². The predicted molar refractivity (Wildman–Crippen MR) is 105 cm³/mol. The number of hydrogen-bond donors (Lipinski definition) is 1. The van der Waals surface area contributed by atoms with Crippen LogP contribution in [0.5, 0.6) is 0 Å². The number of carbonyl (C=O) groups excluding carboxylic acids is 2. The number of halogens is 1. The Morgan fingerprint density at radius 1 is 1.15 bits per heavy atom. The first kappa shape index (κ1) is 20.2. The largest absolute Gasteiger partial charge is 0.462 e. The maximum atomic E-state index is 12.3. The van der Waals surface area contributed by atoms with Crippen LogP contribution in [0.3, 0.4) is 0 Å². The molecule has 0 aromatic heterocycles. The Balaban J connectivity index is 2.05. The second-order valence-electron chi connectivity index (χ2n) is 6.25. The van der Waals surface area contributed by atoms with E-state index in [1.807, 2.05) is 19.9 Å². The fraction of sp³-hybridized carbons (Fsp3) is 0.190. The summed E-state index contributed by atoms with van der Waals surface area (Å²) in [4.78, 5) is 24.2. The van der Waals surface area contributed by atoms with Gasteiger partial charge in [-0.3, -0.25) is 4.79 Å². The Hall–Kier alpha value is -3.10. The summed E-state index contributed by atoms with van der Waals surface area (Å²) in [5.74, 6) is -0.700. The number of nitriles is 1. The van der Waals surface area contributed by atoms with E-state index in [1.54, 1.807) is 48.5 Å². The number of benzene rings is 2. The lowest BCUT2D eigenvalue weighted by Gasteiger charge is -2.08. The van der Waals surface area contributed by atoms with Crippen molar-refractivity contribution in [2.45, 2.75) is 13.8 Å². The summed E-state index contributed by atoms with van der Waals surface area (Å²) in [5, 5.41) is 12.4. The minimum Gasteiger partial charge on any atom is -0.462 e. The highest BCUT2D eigenvalue weighted by molar-refractivity contribution is 6.30. The summed E-state index contributed by atoms with van der Waals surface area (Å²) in [7, 11) is 0. The number of amides is 1. The number of nitrogens with zero attached hydrogens (tertiary/aromatic N) is 1. The van der Waals surface area contributed by atoms with Gasteiger partial charge in [0.25, 0.3) is 5.91 Å². The van der Waals surface area contributed by atoms with E-state index in [0.717, 1.165) is 0 Å². The molecule has 0 saturated carbocycles. The molecule has 138 valence electrons. The van der Waals surface area contributed by atoms with Crippen molar-refractivity contribution in [3.63, 3.8) is 0 Å². The molecule has 27 heavy (non-hydrogen) atoms. The molecule has 0 bridgehead atoms. The third-order valence-corrected chi connectivity index (χ3v) is 3.72. The molecule has 1 amide bonds. The van der Waals surface area contributed by atoms with Crippen molar-refractivity contribution in [3.05, 3.63) is 70.3 Å². The Morgan fingerprint density at radius 2 is 1.78 bits per heavy atom. The summed E-state index contributed by atoms with van der Waals surface area (Å²) in [6, 6.07) is 15.0. The van der Waals surface area contributed by atoms with Crippen LogP contribution in [-0.4, -0.2) is 18.5 Å². The predicted octanol–water partition coefficient (Wildman–Crippen LogP) is 4.70. The summed E-state index contributed by atoms with van der Waals surface area (Å²) < 4.78 is 5.15. The molecule has 0 saturated heterocycles. The molecular formula is C21H19ClN2O3. The van der Waals surface area contributed by atoms with Gasteiger partial charge in [-0.25, -0.2) is 4.79 Å². The van der Waals surface area contributed by atoms with Gasteiger partial charge < -0.3 is 10.1 Å². The van der Waals surface area contributed by atoms with E-state index in [4.69, 9.17) is 16.3 Å². The Bertz CT molecular complexity index is 879. The van der Waals surface area contributed by atoms with Crippen LogP contribution in [0, 0.1) is 17.2 Å². The summed E-state index contributed by atoms with van der Waals surface area (Å²) >= 11 is 5.82. The van der Waals surface area contributed by atoms with Gasteiger partial charge in [-0.15, -0.1) is 0 Å². The van der Waals surface area contributed by atoms with Crippen LogP contribution in [-0.2, 0) is 9.53 Å². The molecular weight excluding hydrogens is 364 g/mol. The highest BCUT2D eigenvalue weighted by atomic mass is 35.5. The number of anilines is 1. The number of hydrogen-bond acceptors (Lipinski definition) is 4. The summed E-state index contributed by atoms with van der Waals surface area (Å²) in [6.07, 6.45) is 1.48. The van der Waals surface area contributed by atoms with Crippen LogP contribution in [0.15, 0.2) is 54.1 Å². The molecule has 2 rings (SSSR count). The summed E-state index contributed by atoms with van der Waals surface area (Å²) in [5.41, 5.74) is 1.51. The molecule has 0 unspecified atom stereocenters. The monoisotopic (exact) mass is 382 g/mol. The van der Waals surface area contributed by atoms with E-state index in [9.17, 15) is 14.9 Å². The molecule has 0 heterocycles. The van der Waals surface area contributed by atoms with E-state index in [1.165, 1.54) is 6.08 Å². The molecule has 0 aliphatic heterocycles. The van der Waals surface area contributed by atoms with Crippen LogP contribution >= 0.6 is 11.6 Å². The first-order chi connectivity index (χ1) is 12.9. The molecule has 0 aliphatic carbocycles. The number of ether oxygens (including phenoxy) is 1. The molecule has 0 spiro atoms. The lowest BCUT2D eigenvalue weighted by molar-refractivity contribution is -0.112. The number of nitrogens with one attached hydrogen (secondary N) is 1. The first-order valence-electron chi connectivity index (χ1n) is 8.35. The number of carbonyl (C=O) groups is 2. The van der Waals surface area contributed by atoms with Gasteiger partial charge in [0.2, 0.25) is 0 Å². The molecule has 0 radical (unpaired) electrons. The van der Waals surface area contributed by atoms with E-state index in [2.05, 4.69) is 5.32 Å².